The largest absolute Gasteiger partial charge is 0.507 e. The molecule has 2 aromatic rings. The SMILES string of the molecule is CC(C)(C)n1cc(NC(=O)C2CC(c3ccccc3O)=NO2)cn1.Cl. The second kappa shape index (κ2) is 7.14. The predicted octanol–water partition coefficient (Wildman–Crippen LogP) is 2.90. The molecule has 0 saturated carbocycles. The van der Waals surface area contributed by atoms with Gasteiger partial charge in [0.25, 0.3) is 5.91 Å². The van der Waals surface area contributed by atoms with Crippen LogP contribution in [-0.2, 0) is 15.2 Å². The summed E-state index contributed by atoms with van der Waals surface area (Å²) in [5.74, 6) is -0.176. The molecule has 0 saturated heterocycles. The molecule has 8 heteroatoms. The number of phenolic OH excluding ortho intramolecular Hbond substituents is 1. The van der Waals surface area contributed by atoms with Gasteiger partial charge in [-0.2, -0.15) is 5.10 Å². The molecule has 1 atom stereocenters. The van der Waals surface area contributed by atoms with E-state index in [2.05, 4.69) is 15.6 Å². The standard InChI is InChI=1S/C17H20N4O3.ClH/c1-17(2,3)21-10-11(9-18-21)19-16(23)15-8-13(20-24-15)12-6-4-5-7-14(12)22;/h4-7,9-10,15,22H,8H2,1-3H3,(H,19,23);1H. The molecule has 2 N–H and O–H groups in total. The van der Waals surface area contributed by atoms with E-state index >= 15 is 0 Å². The first-order chi connectivity index (χ1) is 11.3. The molecule has 1 aromatic heterocycles. The fraction of sp³-hybridized carbons (Fsp3) is 0.353. The second-order valence-electron chi connectivity index (χ2n) is 6.69. The van der Waals surface area contributed by atoms with Gasteiger partial charge in [-0.05, 0) is 32.9 Å². The van der Waals surface area contributed by atoms with Crippen LogP contribution in [0.1, 0.15) is 32.8 Å². The Balaban J connectivity index is 0.00000225. The fourth-order valence-corrected chi connectivity index (χ4v) is 2.37. The maximum Gasteiger partial charge on any atom is 0.268 e. The molecule has 0 fully saturated rings. The number of hydrogen-bond donors (Lipinski definition) is 2. The Morgan fingerprint density at radius 2 is 2.08 bits per heavy atom. The number of hydrogen-bond acceptors (Lipinski definition) is 5. The molecule has 1 aliphatic heterocycles. The first-order valence-corrected chi connectivity index (χ1v) is 7.71. The summed E-state index contributed by atoms with van der Waals surface area (Å²) in [5, 5.41) is 20.8. The molecule has 0 bridgehead atoms. The van der Waals surface area contributed by atoms with Crippen molar-refractivity contribution in [3.05, 3.63) is 42.2 Å². The Morgan fingerprint density at radius 1 is 1.36 bits per heavy atom. The molecule has 2 heterocycles. The summed E-state index contributed by atoms with van der Waals surface area (Å²) in [4.78, 5) is 17.5. The number of carbonyl (C=O) groups is 1. The number of nitrogens with one attached hydrogen (secondary N) is 1. The number of carbonyl (C=O) groups excluding carboxylic acids is 1. The van der Waals surface area contributed by atoms with Crippen molar-refractivity contribution in [1.82, 2.24) is 9.78 Å². The van der Waals surface area contributed by atoms with Crippen molar-refractivity contribution >= 4 is 29.7 Å². The summed E-state index contributed by atoms with van der Waals surface area (Å²) in [6.07, 6.45) is 2.95. The van der Waals surface area contributed by atoms with Crippen LogP contribution in [0, 0.1) is 0 Å². The van der Waals surface area contributed by atoms with Crippen molar-refractivity contribution in [1.29, 1.82) is 0 Å². The molecule has 1 unspecified atom stereocenters. The van der Waals surface area contributed by atoms with Gasteiger partial charge in [0, 0.05) is 18.2 Å². The van der Waals surface area contributed by atoms with Crippen molar-refractivity contribution in [2.24, 2.45) is 5.16 Å². The summed E-state index contributed by atoms with van der Waals surface area (Å²) in [6, 6.07) is 6.84. The number of benzene rings is 1. The average molecular weight is 365 g/mol. The van der Waals surface area contributed by atoms with E-state index in [0.29, 0.717) is 23.4 Å². The highest BCUT2D eigenvalue weighted by Gasteiger charge is 2.30. The molecule has 25 heavy (non-hydrogen) atoms. The highest BCUT2D eigenvalue weighted by atomic mass is 35.5. The maximum absolute atomic E-state index is 12.3. The summed E-state index contributed by atoms with van der Waals surface area (Å²) < 4.78 is 1.78. The van der Waals surface area contributed by atoms with Gasteiger partial charge in [0.05, 0.1) is 23.1 Å². The highest BCUT2D eigenvalue weighted by Crippen LogP contribution is 2.24. The molecule has 134 valence electrons. The van der Waals surface area contributed by atoms with Crippen molar-refractivity contribution in [3.63, 3.8) is 0 Å². The minimum atomic E-state index is -0.724. The number of aromatic nitrogens is 2. The molecular weight excluding hydrogens is 344 g/mol. The number of rotatable bonds is 3. The predicted molar refractivity (Wildman–Crippen MR) is 97.2 cm³/mol. The van der Waals surface area contributed by atoms with Crippen LogP contribution in [0.25, 0.3) is 0 Å². The lowest BCUT2D eigenvalue weighted by Crippen LogP contribution is -2.28. The number of phenols is 1. The summed E-state index contributed by atoms with van der Waals surface area (Å²) >= 11 is 0. The zero-order valence-corrected chi connectivity index (χ0v) is 15.1. The molecule has 0 spiro atoms. The minimum Gasteiger partial charge on any atom is -0.507 e. The van der Waals surface area contributed by atoms with Gasteiger partial charge in [-0.1, -0.05) is 17.3 Å². The third-order valence-corrected chi connectivity index (χ3v) is 3.71. The Kier molecular flexibility index (Phi) is 5.37. The van der Waals surface area contributed by atoms with Crippen molar-refractivity contribution in [2.75, 3.05) is 5.32 Å². The Hall–Kier alpha value is -2.54. The third-order valence-electron chi connectivity index (χ3n) is 3.71. The lowest BCUT2D eigenvalue weighted by atomic mass is 10.0. The number of nitrogens with zero attached hydrogens (tertiary/aromatic N) is 3. The normalized spacial score (nSPS) is 16.6. The summed E-state index contributed by atoms with van der Waals surface area (Å²) in [5.41, 5.74) is 1.58. The van der Waals surface area contributed by atoms with Crippen LogP contribution in [0.3, 0.4) is 0 Å². The van der Waals surface area contributed by atoms with Crippen LogP contribution in [0.5, 0.6) is 5.75 Å². The Labute approximate surface area is 152 Å². The molecular formula is C17H21ClN4O3. The molecule has 1 aliphatic rings. The number of halogens is 1. The Morgan fingerprint density at radius 3 is 2.72 bits per heavy atom. The van der Waals surface area contributed by atoms with E-state index in [4.69, 9.17) is 4.84 Å². The first kappa shape index (κ1) is 18.8. The fourth-order valence-electron chi connectivity index (χ4n) is 2.37. The first-order valence-electron chi connectivity index (χ1n) is 7.71. The van der Waals surface area contributed by atoms with Gasteiger partial charge in [0.1, 0.15) is 5.75 Å². The number of amides is 1. The van der Waals surface area contributed by atoms with E-state index in [1.54, 1.807) is 41.3 Å². The molecule has 0 radical (unpaired) electrons. The monoisotopic (exact) mass is 364 g/mol. The van der Waals surface area contributed by atoms with Gasteiger partial charge in [0.15, 0.2) is 0 Å². The quantitative estimate of drug-likeness (QED) is 0.876. The minimum absolute atomic E-state index is 0. The van der Waals surface area contributed by atoms with Gasteiger partial charge < -0.3 is 15.3 Å². The van der Waals surface area contributed by atoms with Crippen LogP contribution in [0.2, 0.25) is 0 Å². The van der Waals surface area contributed by atoms with Crippen LogP contribution in [-0.4, -0.2) is 32.6 Å². The number of oxime groups is 1. The van der Waals surface area contributed by atoms with E-state index in [0.717, 1.165) is 0 Å². The van der Waals surface area contributed by atoms with Crippen LogP contribution >= 0.6 is 12.4 Å². The Bertz CT molecular complexity index is 795. The zero-order valence-electron chi connectivity index (χ0n) is 14.3. The number of para-hydroxylation sites is 1. The van der Waals surface area contributed by atoms with Gasteiger partial charge in [-0.3, -0.25) is 9.48 Å². The topological polar surface area (TPSA) is 88.7 Å². The van der Waals surface area contributed by atoms with E-state index < -0.39 is 6.10 Å². The van der Waals surface area contributed by atoms with Crippen molar-refractivity contribution < 1.29 is 14.7 Å². The van der Waals surface area contributed by atoms with E-state index in [1.807, 2.05) is 20.8 Å². The highest BCUT2D eigenvalue weighted by molar-refractivity contribution is 6.07. The van der Waals surface area contributed by atoms with Crippen molar-refractivity contribution in [3.8, 4) is 5.75 Å². The molecule has 1 aromatic carbocycles. The third kappa shape index (κ3) is 4.11. The van der Waals surface area contributed by atoms with Gasteiger partial charge in [-0.15, -0.1) is 12.4 Å². The van der Waals surface area contributed by atoms with Gasteiger partial charge in [-0.25, -0.2) is 0 Å². The molecule has 7 nitrogen and oxygen atoms in total. The van der Waals surface area contributed by atoms with Crippen LogP contribution in [0.4, 0.5) is 5.69 Å². The number of anilines is 1. The maximum atomic E-state index is 12.3. The molecule has 3 rings (SSSR count). The lowest BCUT2D eigenvalue weighted by molar-refractivity contribution is -0.125. The molecule has 1 amide bonds. The van der Waals surface area contributed by atoms with E-state index in [-0.39, 0.29) is 29.6 Å². The van der Waals surface area contributed by atoms with Gasteiger partial charge >= 0.3 is 0 Å². The number of aromatic hydroxyl groups is 1. The smallest absolute Gasteiger partial charge is 0.268 e. The average Bonchev–Trinajstić information content (AvgIpc) is 3.16. The van der Waals surface area contributed by atoms with Crippen LogP contribution in [0.15, 0.2) is 41.8 Å². The summed E-state index contributed by atoms with van der Waals surface area (Å²) in [6.45, 7) is 6.08. The van der Waals surface area contributed by atoms with E-state index in [9.17, 15) is 9.90 Å². The van der Waals surface area contributed by atoms with Gasteiger partial charge in [0.2, 0.25) is 6.10 Å². The van der Waals surface area contributed by atoms with E-state index in [1.165, 1.54) is 0 Å². The second-order valence-corrected chi connectivity index (χ2v) is 6.69. The van der Waals surface area contributed by atoms with Crippen LogP contribution < -0.4 is 5.32 Å². The zero-order chi connectivity index (χ0) is 17.3. The van der Waals surface area contributed by atoms with Crippen molar-refractivity contribution in [2.45, 2.75) is 38.8 Å². The summed E-state index contributed by atoms with van der Waals surface area (Å²) in [7, 11) is 0. The lowest BCUT2D eigenvalue weighted by Gasteiger charge is -2.18. The molecule has 0 aliphatic carbocycles.